The number of hydrogen-bond donors (Lipinski definition) is 1. The van der Waals surface area contributed by atoms with Gasteiger partial charge in [0.15, 0.2) is 0 Å². The lowest BCUT2D eigenvalue weighted by Crippen LogP contribution is -2.33. The molecule has 0 amide bonds. The van der Waals surface area contributed by atoms with Crippen LogP contribution < -0.4 is 10.5 Å². The topological polar surface area (TPSA) is 82.3 Å². The number of nitrogens with zero attached hydrogens (tertiary/aromatic N) is 1. The van der Waals surface area contributed by atoms with Crippen LogP contribution in [-0.4, -0.2) is 37.6 Å². The molecule has 1 aromatic rings. The molecule has 1 saturated carbocycles. The van der Waals surface area contributed by atoms with Crippen LogP contribution in [0.15, 0.2) is 18.5 Å². The average Bonchev–Trinajstić information content (AvgIpc) is 2.45. The molecule has 0 spiro atoms. The monoisotopic (exact) mass is 308 g/mol. The standard InChI is InChI=1S/C15H20N2O3S/c1-21(18,19)15-6-2-5-13(9-15)20-14-8-12(4-3-7-16)10-17-11-14/h8,10-11,13,15H,2,5-7,9,16H2,1H3. The quantitative estimate of drug-likeness (QED) is 0.846. The lowest BCUT2D eigenvalue weighted by Gasteiger charge is -2.28. The van der Waals surface area contributed by atoms with E-state index < -0.39 is 9.84 Å². The smallest absolute Gasteiger partial charge is 0.150 e. The van der Waals surface area contributed by atoms with Crippen molar-refractivity contribution in [1.82, 2.24) is 4.98 Å². The van der Waals surface area contributed by atoms with Gasteiger partial charge in [-0.15, -0.1) is 0 Å². The van der Waals surface area contributed by atoms with Crippen LogP contribution in [0.1, 0.15) is 31.2 Å². The fourth-order valence-corrected chi connectivity index (χ4v) is 3.65. The molecule has 1 aliphatic rings. The van der Waals surface area contributed by atoms with Crippen LogP contribution in [0.3, 0.4) is 0 Å². The number of sulfone groups is 1. The van der Waals surface area contributed by atoms with Gasteiger partial charge in [-0.2, -0.15) is 0 Å². The summed E-state index contributed by atoms with van der Waals surface area (Å²) in [5, 5.41) is -0.301. The highest BCUT2D eigenvalue weighted by Crippen LogP contribution is 2.27. The highest BCUT2D eigenvalue weighted by atomic mass is 32.2. The average molecular weight is 308 g/mol. The zero-order valence-corrected chi connectivity index (χ0v) is 12.9. The van der Waals surface area contributed by atoms with Gasteiger partial charge < -0.3 is 10.5 Å². The van der Waals surface area contributed by atoms with Crippen LogP contribution in [0.5, 0.6) is 5.75 Å². The SMILES string of the molecule is CS(=O)(=O)C1CCCC(Oc2cncc(C#CCN)c2)C1. The van der Waals surface area contributed by atoms with Crippen LogP contribution in [0.25, 0.3) is 0 Å². The first-order valence-corrected chi connectivity index (χ1v) is 8.94. The van der Waals surface area contributed by atoms with E-state index in [2.05, 4.69) is 16.8 Å². The van der Waals surface area contributed by atoms with Gasteiger partial charge in [0.1, 0.15) is 21.7 Å². The summed E-state index contributed by atoms with van der Waals surface area (Å²) in [4.78, 5) is 4.08. The third kappa shape index (κ3) is 4.73. The highest BCUT2D eigenvalue weighted by molar-refractivity contribution is 7.91. The number of ether oxygens (including phenoxy) is 1. The Kier molecular flexibility index (Phi) is 5.21. The largest absolute Gasteiger partial charge is 0.489 e. The minimum absolute atomic E-state index is 0.0852. The Balaban J connectivity index is 2.04. The summed E-state index contributed by atoms with van der Waals surface area (Å²) >= 11 is 0. The van der Waals surface area contributed by atoms with E-state index >= 15 is 0 Å². The van der Waals surface area contributed by atoms with Gasteiger partial charge in [-0.25, -0.2) is 8.42 Å². The van der Waals surface area contributed by atoms with Gasteiger partial charge in [-0.1, -0.05) is 11.8 Å². The molecule has 21 heavy (non-hydrogen) atoms. The Labute approximate surface area is 125 Å². The van der Waals surface area contributed by atoms with E-state index in [1.54, 1.807) is 18.5 Å². The molecule has 2 rings (SSSR count). The second kappa shape index (κ2) is 6.92. The first kappa shape index (κ1) is 15.8. The lowest BCUT2D eigenvalue weighted by atomic mass is 9.97. The summed E-state index contributed by atoms with van der Waals surface area (Å²) in [6.45, 7) is 0.295. The molecule has 2 atom stereocenters. The third-order valence-corrected chi connectivity index (χ3v) is 5.17. The zero-order chi connectivity index (χ0) is 15.3. The lowest BCUT2D eigenvalue weighted by molar-refractivity contribution is 0.155. The third-order valence-electron chi connectivity index (χ3n) is 3.53. The summed E-state index contributed by atoms with van der Waals surface area (Å²) in [5.74, 6) is 6.29. The number of rotatable bonds is 3. The van der Waals surface area contributed by atoms with Gasteiger partial charge in [0, 0.05) is 24.4 Å². The van der Waals surface area contributed by atoms with Crippen molar-refractivity contribution in [1.29, 1.82) is 0 Å². The zero-order valence-electron chi connectivity index (χ0n) is 12.1. The van der Waals surface area contributed by atoms with Crippen molar-refractivity contribution < 1.29 is 13.2 Å². The van der Waals surface area contributed by atoms with Crippen LogP contribution >= 0.6 is 0 Å². The number of aromatic nitrogens is 1. The van der Waals surface area contributed by atoms with Crippen LogP contribution in [-0.2, 0) is 9.84 Å². The van der Waals surface area contributed by atoms with Gasteiger partial charge in [0.25, 0.3) is 0 Å². The Morgan fingerprint density at radius 3 is 2.95 bits per heavy atom. The fraction of sp³-hybridized carbons (Fsp3) is 0.533. The van der Waals surface area contributed by atoms with Crippen LogP contribution in [0.4, 0.5) is 0 Å². The van der Waals surface area contributed by atoms with Gasteiger partial charge in [-0.3, -0.25) is 4.98 Å². The Morgan fingerprint density at radius 1 is 1.43 bits per heavy atom. The molecular weight excluding hydrogens is 288 g/mol. The molecule has 0 radical (unpaired) electrons. The number of pyridine rings is 1. The maximum atomic E-state index is 11.7. The Bertz CT molecular complexity index is 646. The number of nitrogens with two attached hydrogens (primary N) is 1. The van der Waals surface area contributed by atoms with Crippen molar-refractivity contribution in [3.8, 4) is 17.6 Å². The normalized spacial score (nSPS) is 22.2. The molecule has 0 bridgehead atoms. The molecule has 5 nitrogen and oxygen atoms in total. The first-order valence-electron chi connectivity index (χ1n) is 6.98. The van der Waals surface area contributed by atoms with Crippen LogP contribution in [0.2, 0.25) is 0 Å². The van der Waals surface area contributed by atoms with E-state index in [4.69, 9.17) is 10.5 Å². The predicted molar refractivity (Wildman–Crippen MR) is 81.7 cm³/mol. The molecule has 0 aromatic carbocycles. The summed E-state index contributed by atoms with van der Waals surface area (Å²) in [6.07, 6.45) is 7.47. The first-order chi connectivity index (χ1) is 9.99. The van der Waals surface area contributed by atoms with Crippen molar-refractivity contribution in [3.63, 3.8) is 0 Å². The highest BCUT2D eigenvalue weighted by Gasteiger charge is 2.29. The summed E-state index contributed by atoms with van der Waals surface area (Å²) in [7, 11) is -3.00. The van der Waals surface area contributed by atoms with E-state index in [9.17, 15) is 8.42 Å². The predicted octanol–water partition coefficient (Wildman–Crippen LogP) is 1.13. The van der Waals surface area contributed by atoms with E-state index in [0.29, 0.717) is 18.7 Å². The molecule has 6 heteroatoms. The Hall–Kier alpha value is -1.58. The van der Waals surface area contributed by atoms with E-state index in [1.165, 1.54) is 6.26 Å². The molecule has 2 unspecified atom stereocenters. The van der Waals surface area contributed by atoms with Crippen LogP contribution in [0, 0.1) is 11.8 Å². The van der Waals surface area contributed by atoms with Crippen molar-refractivity contribution in [2.45, 2.75) is 37.0 Å². The minimum Gasteiger partial charge on any atom is -0.489 e. The molecule has 0 saturated heterocycles. The van der Waals surface area contributed by atoms with Gasteiger partial charge in [0.2, 0.25) is 0 Å². The van der Waals surface area contributed by atoms with Crippen molar-refractivity contribution in [2.75, 3.05) is 12.8 Å². The van der Waals surface area contributed by atoms with E-state index in [0.717, 1.165) is 24.8 Å². The fourth-order valence-electron chi connectivity index (χ4n) is 2.50. The van der Waals surface area contributed by atoms with E-state index in [-0.39, 0.29) is 11.4 Å². The molecular formula is C15H20N2O3S. The second-order valence-corrected chi connectivity index (χ2v) is 7.60. The second-order valence-electron chi connectivity index (χ2n) is 5.27. The molecule has 0 aliphatic heterocycles. The molecule has 1 fully saturated rings. The molecule has 1 aliphatic carbocycles. The Morgan fingerprint density at radius 2 is 2.24 bits per heavy atom. The maximum absolute atomic E-state index is 11.7. The van der Waals surface area contributed by atoms with Crippen molar-refractivity contribution in [3.05, 3.63) is 24.0 Å². The maximum Gasteiger partial charge on any atom is 0.150 e. The van der Waals surface area contributed by atoms with Crippen molar-refractivity contribution in [2.24, 2.45) is 5.73 Å². The summed E-state index contributed by atoms with van der Waals surface area (Å²) in [5.41, 5.74) is 6.08. The van der Waals surface area contributed by atoms with Gasteiger partial charge >= 0.3 is 0 Å². The molecule has 2 N–H and O–H groups in total. The number of hydrogen-bond acceptors (Lipinski definition) is 5. The summed E-state index contributed by atoms with van der Waals surface area (Å²) in [6, 6.07) is 1.81. The van der Waals surface area contributed by atoms with E-state index in [1.807, 2.05) is 0 Å². The van der Waals surface area contributed by atoms with Crippen molar-refractivity contribution >= 4 is 9.84 Å². The molecule has 114 valence electrons. The van der Waals surface area contributed by atoms with Gasteiger partial charge in [0.05, 0.1) is 18.0 Å². The molecule has 1 heterocycles. The summed E-state index contributed by atoms with van der Waals surface area (Å²) < 4.78 is 29.2. The molecule has 1 aromatic heterocycles. The van der Waals surface area contributed by atoms with Gasteiger partial charge in [-0.05, 0) is 25.3 Å². The minimum atomic E-state index is -3.00.